The van der Waals surface area contributed by atoms with E-state index in [9.17, 15) is 0 Å². The molecule has 4 heteroatoms. The molecule has 0 bridgehead atoms. The summed E-state index contributed by atoms with van der Waals surface area (Å²) in [6, 6.07) is 0. The van der Waals surface area contributed by atoms with Crippen LogP contribution >= 0.6 is 24.2 Å². The molecular formula is C7H11ClN2S. The number of thiol groups is 1. The van der Waals surface area contributed by atoms with Crippen LogP contribution in [0.15, 0.2) is 6.33 Å². The highest BCUT2D eigenvalue weighted by molar-refractivity contribution is 7.80. The lowest BCUT2D eigenvalue weighted by molar-refractivity contribution is 0.790. The summed E-state index contributed by atoms with van der Waals surface area (Å²) in [6.45, 7) is 0. The summed E-state index contributed by atoms with van der Waals surface area (Å²) in [4.78, 5) is 3.97. The molecule has 0 saturated carbocycles. The van der Waals surface area contributed by atoms with Gasteiger partial charge in [-0.1, -0.05) is 11.6 Å². The molecule has 0 N–H and O–H groups in total. The van der Waals surface area contributed by atoms with Crippen molar-refractivity contribution < 1.29 is 0 Å². The lowest BCUT2D eigenvalue weighted by Crippen LogP contribution is -1.95. The average Bonchev–Trinajstić information content (AvgIpc) is 2.29. The predicted octanol–water partition coefficient (Wildman–Crippen LogP) is 1.94. The molecule has 2 nitrogen and oxygen atoms in total. The number of nitrogens with zero attached hydrogens (tertiary/aromatic N) is 2. The van der Waals surface area contributed by atoms with Gasteiger partial charge in [0.1, 0.15) is 5.15 Å². The van der Waals surface area contributed by atoms with Crippen molar-refractivity contribution in [2.24, 2.45) is 7.05 Å². The third-order valence-corrected chi connectivity index (χ3v) is 2.21. The molecule has 11 heavy (non-hydrogen) atoms. The first-order valence-electron chi connectivity index (χ1n) is 3.52. The van der Waals surface area contributed by atoms with Gasteiger partial charge in [0.2, 0.25) is 0 Å². The van der Waals surface area contributed by atoms with Crippen molar-refractivity contribution in [1.29, 1.82) is 0 Å². The third-order valence-electron chi connectivity index (χ3n) is 1.58. The predicted molar refractivity (Wildman–Crippen MR) is 50.4 cm³/mol. The summed E-state index contributed by atoms with van der Waals surface area (Å²) in [5.41, 5.74) is 1.10. The van der Waals surface area contributed by atoms with E-state index < -0.39 is 0 Å². The molecule has 0 saturated heterocycles. The fraction of sp³-hybridized carbons (Fsp3) is 0.571. The Morgan fingerprint density at radius 1 is 1.73 bits per heavy atom. The maximum absolute atomic E-state index is 5.82. The SMILES string of the molecule is Cn1cnc(Cl)c1CCCS. The minimum atomic E-state index is 0.620. The highest BCUT2D eigenvalue weighted by atomic mass is 35.5. The number of hydrogen-bond donors (Lipinski definition) is 1. The van der Waals surface area contributed by atoms with Crippen molar-refractivity contribution in [2.45, 2.75) is 12.8 Å². The number of aromatic nitrogens is 2. The van der Waals surface area contributed by atoms with Gasteiger partial charge in [-0.3, -0.25) is 0 Å². The van der Waals surface area contributed by atoms with Gasteiger partial charge in [-0.2, -0.15) is 12.6 Å². The fourth-order valence-corrected chi connectivity index (χ4v) is 1.38. The van der Waals surface area contributed by atoms with Gasteiger partial charge in [0.15, 0.2) is 0 Å². The molecule has 0 atom stereocenters. The first kappa shape index (κ1) is 8.94. The molecule has 1 aromatic rings. The summed E-state index contributed by atoms with van der Waals surface area (Å²) in [5.74, 6) is 0.890. The molecule has 0 fully saturated rings. The standard InChI is InChI=1S/C7H11ClN2S/c1-10-5-9-7(8)6(10)3-2-4-11/h5,11H,2-4H2,1H3. The molecule has 1 heterocycles. The minimum Gasteiger partial charge on any atom is -0.336 e. The Bertz CT molecular complexity index is 215. The van der Waals surface area contributed by atoms with Gasteiger partial charge >= 0.3 is 0 Å². The summed E-state index contributed by atoms with van der Waals surface area (Å²) >= 11 is 9.95. The minimum absolute atomic E-state index is 0.620. The van der Waals surface area contributed by atoms with Gasteiger partial charge in [0.25, 0.3) is 0 Å². The smallest absolute Gasteiger partial charge is 0.150 e. The number of aryl methyl sites for hydroxylation is 1. The zero-order valence-corrected chi connectivity index (χ0v) is 8.07. The third kappa shape index (κ3) is 2.14. The Kier molecular flexibility index (Phi) is 3.27. The van der Waals surface area contributed by atoms with Crippen LogP contribution in [0, 0.1) is 0 Å². The van der Waals surface area contributed by atoms with Crippen LogP contribution in [-0.4, -0.2) is 15.3 Å². The highest BCUT2D eigenvalue weighted by Crippen LogP contribution is 2.14. The fourth-order valence-electron chi connectivity index (χ4n) is 0.953. The Morgan fingerprint density at radius 2 is 2.45 bits per heavy atom. The second kappa shape index (κ2) is 4.02. The van der Waals surface area contributed by atoms with Crippen molar-refractivity contribution in [3.8, 4) is 0 Å². The molecule has 0 aliphatic heterocycles. The zero-order valence-electron chi connectivity index (χ0n) is 6.42. The van der Waals surface area contributed by atoms with Crippen molar-refractivity contribution in [3.05, 3.63) is 17.2 Å². The molecule has 1 aromatic heterocycles. The Hall–Kier alpha value is -0.150. The lowest BCUT2D eigenvalue weighted by Gasteiger charge is -1.99. The normalized spacial score (nSPS) is 10.5. The molecule has 0 radical (unpaired) electrons. The molecule has 0 unspecified atom stereocenters. The maximum Gasteiger partial charge on any atom is 0.150 e. The van der Waals surface area contributed by atoms with Crippen LogP contribution in [0.25, 0.3) is 0 Å². The van der Waals surface area contributed by atoms with Crippen LogP contribution in [0.2, 0.25) is 5.15 Å². The van der Waals surface area contributed by atoms with Gasteiger partial charge in [-0.05, 0) is 18.6 Å². The monoisotopic (exact) mass is 190 g/mol. The molecule has 0 aliphatic carbocycles. The Morgan fingerprint density at radius 3 is 2.91 bits per heavy atom. The summed E-state index contributed by atoms with van der Waals surface area (Å²) in [5, 5.41) is 0.620. The van der Waals surface area contributed by atoms with Gasteiger partial charge in [-0.15, -0.1) is 0 Å². The van der Waals surface area contributed by atoms with Crippen molar-refractivity contribution in [2.75, 3.05) is 5.75 Å². The number of hydrogen-bond acceptors (Lipinski definition) is 2. The maximum atomic E-state index is 5.82. The first-order valence-corrected chi connectivity index (χ1v) is 4.53. The average molecular weight is 191 g/mol. The van der Waals surface area contributed by atoms with Gasteiger partial charge in [0.05, 0.1) is 12.0 Å². The van der Waals surface area contributed by atoms with Crippen LogP contribution in [0.4, 0.5) is 0 Å². The molecule has 0 amide bonds. The molecule has 1 rings (SSSR count). The highest BCUT2D eigenvalue weighted by Gasteiger charge is 2.04. The number of rotatable bonds is 3. The topological polar surface area (TPSA) is 17.8 Å². The summed E-state index contributed by atoms with van der Waals surface area (Å²) in [7, 11) is 1.95. The molecular weight excluding hydrogens is 180 g/mol. The second-order valence-electron chi connectivity index (χ2n) is 2.42. The molecule has 0 spiro atoms. The van der Waals surface area contributed by atoms with Gasteiger partial charge in [0, 0.05) is 7.05 Å². The van der Waals surface area contributed by atoms with E-state index in [2.05, 4.69) is 17.6 Å². The van der Waals surface area contributed by atoms with E-state index in [4.69, 9.17) is 11.6 Å². The summed E-state index contributed by atoms with van der Waals surface area (Å²) < 4.78 is 1.95. The van der Waals surface area contributed by atoms with Crippen LogP contribution in [-0.2, 0) is 13.5 Å². The van der Waals surface area contributed by atoms with Crippen LogP contribution < -0.4 is 0 Å². The second-order valence-corrected chi connectivity index (χ2v) is 3.23. The largest absolute Gasteiger partial charge is 0.336 e. The summed E-state index contributed by atoms with van der Waals surface area (Å²) in [6.07, 6.45) is 3.73. The van der Waals surface area contributed by atoms with Gasteiger partial charge < -0.3 is 4.57 Å². The van der Waals surface area contributed by atoms with Crippen LogP contribution in [0.3, 0.4) is 0 Å². The first-order chi connectivity index (χ1) is 5.25. The van der Waals surface area contributed by atoms with Crippen LogP contribution in [0.1, 0.15) is 12.1 Å². The quantitative estimate of drug-likeness (QED) is 0.722. The lowest BCUT2D eigenvalue weighted by atomic mass is 10.3. The van der Waals surface area contributed by atoms with Crippen molar-refractivity contribution >= 4 is 24.2 Å². The molecule has 0 aliphatic rings. The van der Waals surface area contributed by atoms with E-state index in [1.807, 2.05) is 11.6 Å². The zero-order chi connectivity index (χ0) is 8.27. The van der Waals surface area contributed by atoms with Gasteiger partial charge in [-0.25, -0.2) is 4.98 Å². The van der Waals surface area contributed by atoms with E-state index in [1.165, 1.54) is 0 Å². The Balaban J connectivity index is 2.67. The molecule has 0 aromatic carbocycles. The van der Waals surface area contributed by atoms with E-state index in [1.54, 1.807) is 6.33 Å². The van der Waals surface area contributed by atoms with E-state index >= 15 is 0 Å². The van der Waals surface area contributed by atoms with E-state index in [-0.39, 0.29) is 0 Å². The van der Waals surface area contributed by atoms with Crippen LogP contribution in [0.5, 0.6) is 0 Å². The number of halogens is 1. The number of imidazole rings is 1. The van der Waals surface area contributed by atoms with Crippen molar-refractivity contribution in [1.82, 2.24) is 9.55 Å². The Labute approximate surface area is 77.0 Å². The van der Waals surface area contributed by atoms with E-state index in [0.717, 1.165) is 24.3 Å². The van der Waals surface area contributed by atoms with Crippen molar-refractivity contribution in [3.63, 3.8) is 0 Å². The molecule has 62 valence electrons. The van der Waals surface area contributed by atoms with E-state index in [0.29, 0.717) is 5.15 Å².